The van der Waals surface area contributed by atoms with Crippen LogP contribution in [0.25, 0.3) is 0 Å². The van der Waals surface area contributed by atoms with E-state index in [1.807, 2.05) is 12.1 Å². The van der Waals surface area contributed by atoms with Crippen molar-refractivity contribution in [2.45, 2.75) is 26.7 Å². The van der Waals surface area contributed by atoms with Crippen LogP contribution in [0.3, 0.4) is 0 Å². The number of hydrogen-bond donors (Lipinski definition) is 1. The number of carbonyl (C=O) groups is 1. The van der Waals surface area contributed by atoms with E-state index in [4.69, 9.17) is 4.74 Å². The summed E-state index contributed by atoms with van der Waals surface area (Å²) >= 11 is 0. The molecule has 0 aliphatic carbocycles. The highest BCUT2D eigenvalue weighted by molar-refractivity contribution is 5.92. The van der Waals surface area contributed by atoms with Gasteiger partial charge in [-0.2, -0.15) is 0 Å². The lowest BCUT2D eigenvalue weighted by atomic mass is 9.99. The number of carbonyl (C=O) groups excluding carboxylic acids is 1. The quantitative estimate of drug-likeness (QED) is 0.853. The Balaban J connectivity index is 1.33. The number of ether oxygens (including phenoxy) is 1. The van der Waals surface area contributed by atoms with Gasteiger partial charge in [-0.3, -0.25) is 4.79 Å². The maximum atomic E-state index is 12.4. The van der Waals surface area contributed by atoms with E-state index in [0.717, 1.165) is 44.7 Å². The lowest BCUT2D eigenvalue weighted by Crippen LogP contribution is -2.46. The first-order valence-corrected chi connectivity index (χ1v) is 10.7. The van der Waals surface area contributed by atoms with E-state index in [2.05, 4.69) is 59.3 Å². The zero-order chi connectivity index (χ0) is 20.2. The second-order valence-electron chi connectivity index (χ2n) is 8.12. The molecule has 2 aliphatic rings. The summed E-state index contributed by atoms with van der Waals surface area (Å²) in [7, 11) is 0. The molecule has 5 heteroatoms. The fraction of sp³-hybridized carbons (Fsp3) is 0.458. The van der Waals surface area contributed by atoms with Crippen LogP contribution in [0.4, 0.5) is 17.1 Å². The van der Waals surface area contributed by atoms with Crippen LogP contribution in [0.1, 0.15) is 24.0 Å². The summed E-state index contributed by atoms with van der Waals surface area (Å²) in [6.07, 6.45) is 1.63. The first kappa shape index (κ1) is 19.8. The molecular formula is C24H31N3O2. The predicted octanol–water partition coefficient (Wildman–Crippen LogP) is 4.00. The lowest BCUT2D eigenvalue weighted by molar-refractivity contribution is -0.122. The maximum absolute atomic E-state index is 12.4. The van der Waals surface area contributed by atoms with Crippen LogP contribution < -0.4 is 15.1 Å². The molecular weight excluding hydrogens is 362 g/mol. The van der Waals surface area contributed by atoms with Crippen LogP contribution in [-0.2, 0) is 9.53 Å². The van der Waals surface area contributed by atoms with Gasteiger partial charge in [0, 0.05) is 62.4 Å². The second kappa shape index (κ2) is 8.87. The van der Waals surface area contributed by atoms with Crippen LogP contribution in [0.5, 0.6) is 0 Å². The SMILES string of the molecule is Cc1cccc(N2CCN(c3ccc(NC(=O)C4CCOCC4)cc3)CC2)c1C. The number of nitrogens with zero attached hydrogens (tertiary/aromatic N) is 2. The zero-order valence-electron chi connectivity index (χ0n) is 17.5. The molecule has 1 N–H and O–H groups in total. The van der Waals surface area contributed by atoms with Gasteiger partial charge in [0.1, 0.15) is 0 Å². The van der Waals surface area contributed by atoms with Crippen LogP contribution in [0.15, 0.2) is 42.5 Å². The number of nitrogens with one attached hydrogen (secondary N) is 1. The molecule has 29 heavy (non-hydrogen) atoms. The first-order valence-electron chi connectivity index (χ1n) is 10.7. The molecule has 154 valence electrons. The van der Waals surface area contributed by atoms with Gasteiger partial charge >= 0.3 is 0 Å². The van der Waals surface area contributed by atoms with Gasteiger partial charge < -0.3 is 19.9 Å². The Morgan fingerprint density at radius 2 is 1.59 bits per heavy atom. The fourth-order valence-corrected chi connectivity index (χ4v) is 4.24. The van der Waals surface area contributed by atoms with Crippen molar-refractivity contribution in [2.24, 2.45) is 5.92 Å². The minimum absolute atomic E-state index is 0.0709. The molecule has 0 bridgehead atoms. The molecule has 0 unspecified atom stereocenters. The number of aryl methyl sites for hydroxylation is 1. The standard InChI is InChI=1S/C24H31N3O2/c1-18-4-3-5-23(19(18)2)27-14-12-26(13-15-27)22-8-6-21(7-9-22)25-24(28)20-10-16-29-17-11-20/h3-9,20H,10-17H2,1-2H3,(H,25,28). The van der Waals surface area contributed by atoms with Crippen molar-refractivity contribution in [3.63, 3.8) is 0 Å². The van der Waals surface area contributed by atoms with Gasteiger partial charge in [-0.25, -0.2) is 0 Å². The summed E-state index contributed by atoms with van der Waals surface area (Å²) < 4.78 is 5.34. The normalized spacial score (nSPS) is 18.0. The summed E-state index contributed by atoms with van der Waals surface area (Å²) in [4.78, 5) is 17.3. The number of rotatable bonds is 4. The lowest BCUT2D eigenvalue weighted by Gasteiger charge is -2.38. The van der Waals surface area contributed by atoms with Crippen molar-refractivity contribution in [2.75, 3.05) is 54.5 Å². The minimum atomic E-state index is 0.0709. The highest BCUT2D eigenvalue weighted by atomic mass is 16.5. The van der Waals surface area contributed by atoms with E-state index in [-0.39, 0.29) is 11.8 Å². The van der Waals surface area contributed by atoms with E-state index in [0.29, 0.717) is 13.2 Å². The molecule has 2 aromatic rings. The molecule has 5 nitrogen and oxygen atoms in total. The van der Waals surface area contributed by atoms with Gasteiger partial charge in [0.2, 0.25) is 5.91 Å². The Morgan fingerprint density at radius 1 is 0.931 bits per heavy atom. The molecule has 2 saturated heterocycles. The van der Waals surface area contributed by atoms with Crippen molar-refractivity contribution in [1.29, 1.82) is 0 Å². The molecule has 0 aromatic heterocycles. The van der Waals surface area contributed by atoms with E-state index < -0.39 is 0 Å². The van der Waals surface area contributed by atoms with E-state index in [9.17, 15) is 4.79 Å². The molecule has 2 aromatic carbocycles. The van der Waals surface area contributed by atoms with Crippen LogP contribution in [-0.4, -0.2) is 45.3 Å². The van der Waals surface area contributed by atoms with Gasteiger partial charge in [0.15, 0.2) is 0 Å². The van der Waals surface area contributed by atoms with Crippen molar-refractivity contribution < 1.29 is 9.53 Å². The number of hydrogen-bond acceptors (Lipinski definition) is 4. The highest BCUT2D eigenvalue weighted by Crippen LogP contribution is 2.26. The molecule has 0 atom stereocenters. The summed E-state index contributed by atoms with van der Waals surface area (Å²) in [5.41, 5.74) is 6.18. The monoisotopic (exact) mass is 393 g/mol. The second-order valence-corrected chi connectivity index (χ2v) is 8.12. The van der Waals surface area contributed by atoms with E-state index in [1.165, 1.54) is 22.5 Å². The van der Waals surface area contributed by atoms with Crippen LogP contribution >= 0.6 is 0 Å². The number of anilines is 3. The average Bonchev–Trinajstić information content (AvgIpc) is 2.77. The Kier molecular flexibility index (Phi) is 6.05. The van der Waals surface area contributed by atoms with Crippen LogP contribution in [0.2, 0.25) is 0 Å². The first-order chi connectivity index (χ1) is 14.1. The van der Waals surface area contributed by atoms with E-state index in [1.54, 1.807) is 0 Å². The summed E-state index contributed by atoms with van der Waals surface area (Å²) in [5, 5.41) is 3.06. The molecule has 0 spiro atoms. The Morgan fingerprint density at radius 3 is 2.28 bits per heavy atom. The van der Waals surface area contributed by atoms with Gasteiger partial charge in [0.05, 0.1) is 0 Å². The summed E-state index contributed by atoms with van der Waals surface area (Å²) in [5.74, 6) is 0.185. The fourth-order valence-electron chi connectivity index (χ4n) is 4.24. The minimum Gasteiger partial charge on any atom is -0.381 e. The van der Waals surface area contributed by atoms with Crippen molar-refractivity contribution in [1.82, 2.24) is 0 Å². The Bertz CT molecular complexity index is 836. The van der Waals surface area contributed by atoms with Crippen molar-refractivity contribution in [3.05, 3.63) is 53.6 Å². The Hall–Kier alpha value is -2.53. The van der Waals surface area contributed by atoms with Crippen molar-refractivity contribution in [3.8, 4) is 0 Å². The number of amides is 1. The van der Waals surface area contributed by atoms with Gasteiger partial charge in [-0.1, -0.05) is 12.1 Å². The molecule has 2 fully saturated rings. The van der Waals surface area contributed by atoms with Gasteiger partial charge in [0.25, 0.3) is 0 Å². The molecule has 0 saturated carbocycles. The summed E-state index contributed by atoms with van der Waals surface area (Å²) in [6.45, 7) is 9.80. The Labute approximate surface area is 173 Å². The highest BCUT2D eigenvalue weighted by Gasteiger charge is 2.22. The number of piperazine rings is 1. The molecule has 2 heterocycles. The van der Waals surface area contributed by atoms with Gasteiger partial charge in [-0.05, 0) is 68.1 Å². The molecule has 0 radical (unpaired) electrons. The molecule has 1 amide bonds. The molecule has 2 aliphatic heterocycles. The van der Waals surface area contributed by atoms with E-state index >= 15 is 0 Å². The third kappa shape index (κ3) is 4.56. The number of benzene rings is 2. The third-order valence-corrected chi connectivity index (χ3v) is 6.29. The zero-order valence-corrected chi connectivity index (χ0v) is 17.5. The largest absolute Gasteiger partial charge is 0.381 e. The third-order valence-electron chi connectivity index (χ3n) is 6.29. The van der Waals surface area contributed by atoms with Crippen molar-refractivity contribution >= 4 is 23.0 Å². The average molecular weight is 394 g/mol. The maximum Gasteiger partial charge on any atom is 0.227 e. The predicted molar refractivity (Wildman–Crippen MR) is 119 cm³/mol. The van der Waals surface area contributed by atoms with Crippen LogP contribution in [0, 0.1) is 19.8 Å². The van der Waals surface area contributed by atoms with Gasteiger partial charge in [-0.15, -0.1) is 0 Å². The topological polar surface area (TPSA) is 44.8 Å². The summed E-state index contributed by atoms with van der Waals surface area (Å²) in [6, 6.07) is 14.8. The molecule has 4 rings (SSSR count). The smallest absolute Gasteiger partial charge is 0.227 e.